The van der Waals surface area contributed by atoms with Gasteiger partial charge in [-0.1, -0.05) is 13.0 Å². The molecule has 0 radical (unpaired) electrons. The van der Waals surface area contributed by atoms with Crippen LogP contribution in [0.5, 0.6) is 0 Å². The fourth-order valence-electron chi connectivity index (χ4n) is 2.39. The average molecular weight is 194 g/mol. The lowest BCUT2D eigenvalue weighted by Crippen LogP contribution is -2.37. The van der Waals surface area contributed by atoms with Gasteiger partial charge in [0, 0.05) is 11.5 Å². The van der Waals surface area contributed by atoms with Crippen molar-refractivity contribution in [3.05, 3.63) is 23.8 Å². The number of aliphatic hydroxyl groups is 2. The molecule has 4 unspecified atom stereocenters. The summed E-state index contributed by atoms with van der Waals surface area (Å²) >= 11 is 0. The lowest BCUT2D eigenvalue weighted by molar-refractivity contribution is -0.113. The fraction of sp³-hybridized carbons (Fsp3) is 0.545. The van der Waals surface area contributed by atoms with Crippen molar-refractivity contribution in [2.75, 3.05) is 0 Å². The molecule has 3 heteroatoms. The molecule has 0 bridgehead atoms. The molecular formula is C11H14O3. The Morgan fingerprint density at radius 3 is 2.86 bits per heavy atom. The lowest BCUT2D eigenvalue weighted by atomic mass is 9.71. The molecule has 2 rings (SSSR count). The number of hydrogen-bond acceptors (Lipinski definition) is 3. The molecule has 0 saturated heterocycles. The lowest BCUT2D eigenvalue weighted by Gasteiger charge is -2.35. The van der Waals surface area contributed by atoms with Crippen LogP contribution in [0.15, 0.2) is 23.8 Å². The van der Waals surface area contributed by atoms with Gasteiger partial charge in [-0.3, -0.25) is 4.79 Å². The predicted molar refractivity (Wildman–Crippen MR) is 51.5 cm³/mol. The van der Waals surface area contributed by atoms with E-state index in [0.29, 0.717) is 12.0 Å². The summed E-state index contributed by atoms with van der Waals surface area (Å²) in [6, 6.07) is 0. The van der Waals surface area contributed by atoms with Gasteiger partial charge < -0.3 is 10.2 Å². The molecule has 0 spiro atoms. The Bertz CT molecular complexity index is 316. The topological polar surface area (TPSA) is 57.5 Å². The van der Waals surface area contributed by atoms with E-state index in [1.165, 1.54) is 6.08 Å². The molecule has 14 heavy (non-hydrogen) atoms. The van der Waals surface area contributed by atoms with Gasteiger partial charge in [0.2, 0.25) is 0 Å². The Kier molecular flexibility index (Phi) is 2.29. The summed E-state index contributed by atoms with van der Waals surface area (Å²) in [7, 11) is 0. The smallest absolute Gasteiger partial charge is 0.181 e. The van der Waals surface area contributed by atoms with Gasteiger partial charge in [0.1, 0.15) is 0 Å². The summed E-state index contributed by atoms with van der Waals surface area (Å²) in [6.45, 7) is 1.95. The molecular weight excluding hydrogens is 180 g/mol. The third kappa shape index (κ3) is 1.42. The van der Waals surface area contributed by atoms with Gasteiger partial charge in [-0.25, -0.2) is 0 Å². The predicted octanol–water partition coefficient (Wildman–Crippen LogP) is 0.429. The summed E-state index contributed by atoms with van der Waals surface area (Å²) in [5.41, 5.74) is 0.575. The largest absolute Gasteiger partial charge is 0.389 e. The minimum absolute atomic E-state index is 0.0779. The maximum absolute atomic E-state index is 11.5. The number of fused-ring (bicyclic) bond motifs is 1. The first-order chi connectivity index (χ1) is 6.59. The zero-order chi connectivity index (χ0) is 10.3. The van der Waals surface area contributed by atoms with E-state index in [-0.39, 0.29) is 17.6 Å². The van der Waals surface area contributed by atoms with Crippen molar-refractivity contribution in [1.29, 1.82) is 0 Å². The Morgan fingerprint density at radius 2 is 2.14 bits per heavy atom. The molecule has 2 aliphatic carbocycles. The molecule has 0 aromatic carbocycles. The van der Waals surface area contributed by atoms with Crippen molar-refractivity contribution < 1.29 is 15.0 Å². The van der Waals surface area contributed by atoms with Gasteiger partial charge in [0.15, 0.2) is 5.78 Å². The molecule has 3 nitrogen and oxygen atoms in total. The van der Waals surface area contributed by atoms with Crippen molar-refractivity contribution in [2.24, 2.45) is 11.8 Å². The van der Waals surface area contributed by atoms with Crippen LogP contribution in [-0.4, -0.2) is 28.2 Å². The summed E-state index contributed by atoms with van der Waals surface area (Å²) < 4.78 is 0. The van der Waals surface area contributed by atoms with E-state index in [9.17, 15) is 15.0 Å². The number of allylic oxidation sites excluding steroid dienone is 1. The molecule has 0 fully saturated rings. The van der Waals surface area contributed by atoms with Gasteiger partial charge in [0.25, 0.3) is 0 Å². The molecule has 0 heterocycles. The van der Waals surface area contributed by atoms with Crippen LogP contribution >= 0.6 is 0 Å². The molecule has 0 aromatic heterocycles. The van der Waals surface area contributed by atoms with Crippen LogP contribution in [0.3, 0.4) is 0 Å². The van der Waals surface area contributed by atoms with E-state index in [0.717, 1.165) is 0 Å². The zero-order valence-electron chi connectivity index (χ0n) is 8.05. The van der Waals surface area contributed by atoms with Crippen molar-refractivity contribution >= 4 is 5.78 Å². The van der Waals surface area contributed by atoms with Crippen LogP contribution in [0, 0.1) is 11.8 Å². The first kappa shape index (κ1) is 9.62. The van der Waals surface area contributed by atoms with E-state index < -0.39 is 12.2 Å². The van der Waals surface area contributed by atoms with Crippen molar-refractivity contribution in [2.45, 2.75) is 25.6 Å². The number of hydrogen-bond donors (Lipinski definition) is 2. The van der Waals surface area contributed by atoms with Gasteiger partial charge in [-0.15, -0.1) is 0 Å². The molecule has 0 saturated carbocycles. The van der Waals surface area contributed by atoms with Crippen LogP contribution in [0.2, 0.25) is 0 Å². The van der Waals surface area contributed by atoms with Crippen LogP contribution < -0.4 is 0 Å². The van der Waals surface area contributed by atoms with Crippen molar-refractivity contribution in [3.63, 3.8) is 0 Å². The van der Waals surface area contributed by atoms with Crippen molar-refractivity contribution in [1.82, 2.24) is 0 Å². The van der Waals surface area contributed by atoms with E-state index in [1.807, 2.05) is 6.92 Å². The second-order valence-electron chi connectivity index (χ2n) is 4.14. The zero-order valence-corrected chi connectivity index (χ0v) is 8.05. The normalized spacial score (nSPS) is 41.9. The summed E-state index contributed by atoms with van der Waals surface area (Å²) in [6.07, 6.45) is 4.00. The number of carbonyl (C=O) groups is 1. The second-order valence-corrected chi connectivity index (χ2v) is 4.14. The number of ketones is 1. The highest BCUT2D eigenvalue weighted by Gasteiger charge is 2.37. The van der Waals surface area contributed by atoms with E-state index in [4.69, 9.17) is 0 Å². The first-order valence-corrected chi connectivity index (χ1v) is 4.90. The van der Waals surface area contributed by atoms with Gasteiger partial charge >= 0.3 is 0 Å². The highest BCUT2D eigenvalue weighted by molar-refractivity contribution is 6.05. The molecule has 2 N–H and O–H groups in total. The van der Waals surface area contributed by atoms with Crippen LogP contribution in [0.4, 0.5) is 0 Å². The van der Waals surface area contributed by atoms with Crippen LogP contribution in [0.1, 0.15) is 13.3 Å². The number of aliphatic hydroxyl groups excluding tert-OH is 2. The maximum Gasteiger partial charge on any atom is 0.181 e. The van der Waals surface area contributed by atoms with Crippen LogP contribution in [0.25, 0.3) is 0 Å². The highest BCUT2D eigenvalue weighted by atomic mass is 16.3. The van der Waals surface area contributed by atoms with E-state index in [2.05, 4.69) is 0 Å². The third-order valence-electron chi connectivity index (χ3n) is 3.05. The van der Waals surface area contributed by atoms with Gasteiger partial charge in [-0.2, -0.15) is 0 Å². The minimum atomic E-state index is -0.582. The Balaban J connectivity index is 2.40. The molecule has 4 atom stereocenters. The van der Waals surface area contributed by atoms with E-state index >= 15 is 0 Å². The average Bonchev–Trinajstić information content (AvgIpc) is 2.10. The molecule has 0 aromatic rings. The number of carbonyl (C=O) groups excluding carboxylic acids is 1. The second kappa shape index (κ2) is 3.33. The SMILES string of the molecule is CC1CC(O)C=C2C(=O)C=CC(O)C21. The number of rotatable bonds is 0. The highest BCUT2D eigenvalue weighted by Crippen LogP contribution is 2.36. The summed E-state index contributed by atoms with van der Waals surface area (Å²) in [5, 5.41) is 19.2. The molecule has 2 aliphatic rings. The first-order valence-electron chi connectivity index (χ1n) is 4.90. The summed E-state index contributed by atoms with van der Waals surface area (Å²) in [4.78, 5) is 11.5. The fourth-order valence-corrected chi connectivity index (χ4v) is 2.39. The Morgan fingerprint density at radius 1 is 1.43 bits per heavy atom. The molecule has 0 aliphatic heterocycles. The molecule has 76 valence electrons. The minimum Gasteiger partial charge on any atom is -0.389 e. The third-order valence-corrected chi connectivity index (χ3v) is 3.05. The Labute approximate surface area is 82.7 Å². The van der Waals surface area contributed by atoms with Crippen molar-refractivity contribution in [3.8, 4) is 0 Å². The molecule has 0 amide bonds. The Hall–Kier alpha value is -0.930. The van der Waals surface area contributed by atoms with E-state index in [1.54, 1.807) is 12.2 Å². The van der Waals surface area contributed by atoms with Gasteiger partial charge in [0.05, 0.1) is 12.2 Å². The van der Waals surface area contributed by atoms with Crippen LogP contribution in [-0.2, 0) is 4.79 Å². The monoisotopic (exact) mass is 194 g/mol. The quantitative estimate of drug-likeness (QED) is 0.588. The standard InChI is InChI=1S/C11H14O3/c1-6-4-7(12)5-8-9(13)2-3-10(14)11(6)8/h2-3,5-7,10-12,14H,4H2,1H3. The summed E-state index contributed by atoms with van der Waals surface area (Å²) in [5.74, 6) is -0.0595. The maximum atomic E-state index is 11.5. The van der Waals surface area contributed by atoms with Gasteiger partial charge in [-0.05, 0) is 24.5 Å².